The molecule has 0 N–H and O–H groups in total. The quantitative estimate of drug-likeness (QED) is 0.743. The van der Waals surface area contributed by atoms with Crippen LogP contribution >= 0.6 is 0 Å². The molecule has 1 unspecified atom stereocenters. The van der Waals surface area contributed by atoms with Crippen molar-refractivity contribution in [3.8, 4) is 0 Å². The molecule has 27 heavy (non-hydrogen) atoms. The van der Waals surface area contributed by atoms with Gasteiger partial charge < -0.3 is 9.80 Å². The van der Waals surface area contributed by atoms with Crippen LogP contribution in [0.1, 0.15) is 38.7 Å². The third-order valence-electron chi connectivity index (χ3n) is 5.93. The second-order valence-electron chi connectivity index (χ2n) is 8.35. The summed E-state index contributed by atoms with van der Waals surface area (Å²) in [6.07, 6.45) is 4.32. The van der Waals surface area contributed by atoms with Crippen LogP contribution < -0.4 is 0 Å². The maximum Gasteiger partial charge on any atom is 0.245 e. The zero-order chi connectivity index (χ0) is 19.6. The van der Waals surface area contributed by atoms with Crippen molar-refractivity contribution in [3.05, 3.63) is 48.3 Å². The van der Waals surface area contributed by atoms with Gasteiger partial charge in [-0.15, -0.1) is 0 Å². The molecule has 5 heteroatoms. The maximum absolute atomic E-state index is 13.4. The molecule has 2 heterocycles. The lowest BCUT2D eigenvalue weighted by Crippen LogP contribution is -2.46. The lowest BCUT2D eigenvalue weighted by atomic mass is 9.75. The highest BCUT2D eigenvalue weighted by Gasteiger charge is 2.52. The first kappa shape index (κ1) is 19.6. The molecule has 4 nitrogen and oxygen atoms in total. The average Bonchev–Trinajstić information content (AvgIpc) is 2.88. The third-order valence-corrected chi connectivity index (χ3v) is 5.93. The predicted molar refractivity (Wildman–Crippen MR) is 104 cm³/mol. The van der Waals surface area contributed by atoms with Crippen molar-refractivity contribution in [1.82, 2.24) is 9.80 Å². The molecule has 1 aromatic carbocycles. The topological polar surface area (TPSA) is 40.6 Å². The molecule has 2 saturated heterocycles. The number of nitrogens with zero attached hydrogens (tertiary/aromatic N) is 2. The zero-order valence-electron chi connectivity index (χ0n) is 16.3. The minimum absolute atomic E-state index is 0.0582. The molecular weight excluding hydrogens is 343 g/mol. The highest BCUT2D eigenvalue weighted by Crippen LogP contribution is 2.45. The Morgan fingerprint density at radius 1 is 1.30 bits per heavy atom. The van der Waals surface area contributed by atoms with Crippen molar-refractivity contribution in [2.75, 3.05) is 19.6 Å². The van der Waals surface area contributed by atoms with Crippen LogP contribution in [0.5, 0.6) is 0 Å². The van der Waals surface area contributed by atoms with Gasteiger partial charge in [0.15, 0.2) is 0 Å². The third kappa shape index (κ3) is 4.07. The molecule has 146 valence electrons. The van der Waals surface area contributed by atoms with Gasteiger partial charge in [0.25, 0.3) is 0 Å². The number of amides is 2. The lowest BCUT2D eigenvalue weighted by molar-refractivity contribution is -0.142. The van der Waals surface area contributed by atoms with Gasteiger partial charge in [-0.25, -0.2) is 4.39 Å². The Balaban J connectivity index is 1.77. The summed E-state index contributed by atoms with van der Waals surface area (Å²) in [5.74, 6) is 0.324. The van der Waals surface area contributed by atoms with E-state index < -0.39 is 0 Å². The molecule has 2 aliphatic rings. The number of carbonyl (C=O) groups is 2. The minimum Gasteiger partial charge on any atom is -0.339 e. The first-order valence-corrected chi connectivity index (χ1v) is 9.81. The fourth-order valence-electron chi connectivity index (χ4n) is 4.52. The van der Waals surface area contributed by atoms with E-state index >= 15 is 0 Å². The summed E-state index contributed by atoms with van der Waals surface area (Å²) in [5, 5.41) is 0. The van der Waals surface area contributed by atoms with E-state index in [1.165, 1.54) is 18.2 Å². The molecule has 1 aromatic rings. The number of piperidine rings is 1. The molecule has 2 fully saturated rings. The summed E-state index contributed by atoms with van der Waals surface area (Å²) >= 11 is 0. The van der Waals surface area contributed by atoms with Gasteiger partial charge in [-0.1, -0.05) is 32.6 Å². The Labute approximate surface area is 161 Å². The summed E-state index contributed by atoms with van der Waals surface area (Å²) in [7, 11) is 0. The van der Waals surface area contributed by atoms with Gasteiger partial charge in [-0.3, -0.25) is 9.59 Å². The molecule has 0 bridgehead atoms. The van der Waals surface area contributed by atoms with Crippen molar-refractivity contribution >= 4 is 11.8 Å². The van der Waals surface area contributed by atoms with Gasteiger partial charge in [-0.2, -0.15) is 0 Å². The van der Waals surface area contributed by atoms with Gasteiger partial charge in [0, 0.05) is 25.7 Å². The van der Waals surface area contributed by atoms with Crippen LogP contribution in [0.4, 0.5) is 4.39 Å². The van der Waals surface area contributed by atoms with Crippen molar-refractivity contribution in [1.29, 1.82) is 0 Å². The molecule has 0 saturated carbocycles. The number of rotatable bonds is 5. The molecule has 3 rings (SSSR count). The number of likely N-dealkylation sites (tertiary alicyclic amines) is 2. The predicted octanol–water partition coefficient (Wildman–Crippen LogP) is 3.42. The summed E-state index contributed by atoms with van der Waals surface area (Å²) in [6, 6.07) is 6.71. The van der Waals surface area contributed by atoms with Crippen LogP contribution in [0.3, 0.4) is 0 Å². The van der Waals surface area contributed by atoms with E-state index in [1.54, 1.807) is 4.90 Å². The van der Waals surface area contributed by atoms with Crippen molar-refractivity contribution in [2.24, 2.45) is 11.3 Å². The highest BCUT2D eigenvalue weighted by atomic mass is 19.1. The van der Waals surface area contributed by atoms with Crippen LogP contribution in [0.25, 0.3) is 0 Å². The largest absolute Gasteiger partial charge is 0.339 e. The highest BCUT2D eigenvalue weighted by molar-refractivity contribution is 5.88. The SMILES string of the molecule is C=CC(=O)N1CCC2(CC1)CC(Cc1ccc(F)cc1)N(CC(C)C)C2=O. The van der Waals surface area contributed by atoms with Gasteiger partial charge in [-0.05, 0) is 55.4 Å². The first-order valence-electron chi connectivity index (χ1n) is 9.81. The minimum atomic E-state index is -0.364. The summed E-state index contributed by atoms with van der Waals surface area (Å²) in [6.45, 7) is 9.75. The molecule has 0 aromatic heterocycles. The van der Waals surface area contributed by atoms with E-state index in [0.29, 0.717) is 31.8 Å². The fraction of sp³-hybridized carbons (Fsp3) is 0.545. The van der Waals surface area contributed by atoms with Gasteiger partial charge in [0.2, 0.25) is 11.8 Å². The van der Waals surface area contributed by atoms with Crippen molar-refractivity contribution < 1.29 is 14.0 Å². The number of carbonyl (C=O) groups excluding carboxylic acids is 2. The Morgan fingerprint density at radius 2 is 1.93 bits per heavy atom. The Hall–Kier alpha value is -2.17. The van der Waals surface area contributed by atoms with Crippen molar-refractivity contribution in [2.45, 2.75) is 45.6 Å². The smallest absolute Gasteiger partial charge is 0.245 e. The monoisotopic (exact) mass is 372 g/mol. The second-order valence-corrected chi connectivity index (χ2v) is 8.35. The summed E-state index contributed by atoms with van der Waals surface area (Å²) in [5.41, 5.74) is 0.691. The Morgan fingerprint density at radius 3 is 2.48 bits per heavy atom. The van der Waals surface area contributed by atoms with Crippen LogP contribution in [-0.4, -0.2) is 47.3 Å². The van der Waals surface area contributed by atoms with Gasteiger partial charge >= 0.3 is 0 Å². The Kier molecular flexibility index (Phi) is 5.68. The average molecular weight is 372 g/mol. The van der Waals surface area contributed by atoms with Crippen LogP contribution in [0, 0.1) is 17.2 Å². The van der Waals surface area contributed by atoms with Gasteiger partial charge in [0.05, 0.1) is 5.41 Å². The fourth-order valence-corrected chi connectivity index (χ4v) is 4.52. The van der Waals surface area contributed by atoms with E-state index in [4.69, 9.17) is 0 Å². The maximum atomic E-state index is 13.4. The number of benzene rings is 1. The van der Waals surface area contributed by atoms with Crippen LogP contribution in [0.2, 0.25) is 0 Å². The van der Waals surface area contributed by atoms with Crippen LogP contribution in [-0.2, 0) is 16.0 Å². The van der Waals surface area contributed by atoms with E-state index in [1.807, 2.05) is 17.0 Å². The molecule has 0 radical (unpaired) electrons. The number of hydrogen-bond acceptors (Lipinski definition) is 2. The molecule has 2 amide bonds. The molecule has 1 spiro atoms. The van der Waals surface area contributed by atoms with Crippen LogP contribution in [0.15, 0.2) is 36.9 Å². The van der Waals surface area contributed by atoms with E-state index in [0.717, 1.165) is 24.9 Å². The van der Waals surface area contributed by atoms with E-state index in [9.17, 15) is 14.0 Å². The standard InChI is InChI=1S/C22H29FN2O2/c1-4-20(26)24-11-9-22(10-12-24)14-19(25(21(22)27)15-16(2)3)13-17-5-7-18(23)8-6-17/h4-8,16,19H,1,9-15H2,2-3H3. The van der Waals surface area contributed by atoms with Gasteiger partial charge in [0.1, 0.15) is 5.82 Å². The summed E-state index contributed by atoms with van der Waals surface area (Å²) in [4.78, 5) is 29.1. The molecule has 0 aliphatic carbocycles. The molecule has 1 atom stereocenters. The number of halogens is 1. The first-order chi connectivity index (χ1) is 12.8. The summed E-state index contributed by atoms with van der Waals surface area (Å²) < 4.78 is 13.2. The van der Waals surface area contributed by atoms with Crippen molar-refractivity contribution in [3.63, 3.8) is 0 Å². The normalized spacial score (nSPS) is 21.9. The number of hydrogen-bond donors (Lipinski definition) is 0. The molecular formula is C22H29FN2O2. The second kappa shape index (κ2) is 7.83. The lowest BCUT2D eigenvalue weighted by Gasteiger charge is -2.37. The zero-order valence-corrected chi connectivity index (χ0v) is 16.3. The molecule has 2 aliphatic heterocycles. The Bertz CT molecular complexity index is 706. The van der Waals surface area contributed by atoms with E-state index in [2.05, 4.69) is 20.4 Å². The van der Waals surface area contributed by atoms with E-state index in [-0.39, 0.29) is 29.1 Å².